The Morgan fingerprint density at radius 3 is 2.94 bits per heavy atom. The highest BCUT2D eigenvalue weighted by Crippen LogP contribution is 2.36. The number of thioether (sulfide) groups is 1. The molecule has 0 saturated heterocycles. The lowest BCUT2D eigenvalue weighted by Crippen LogP contribution is -2.14. The van der Waals surface area contributed by atoms with Crippen molar-refractivity contribution in [1.29, 1.82) is 0 Å². The highest BCUT2D eigenvalue weighted by Gasteiger charge is 2.27. The lowest BCUT2D eigenvalue weighted by atomic mass is 10.1. The molecule has 1 atom stereocenters. The van der Waals surface area contributed by atoms with Crippen LogP contribution in [0.4, 0.5) is 5.82 Å². The van der Waals surface area contributed by atoms with E-state index < -0.39 is 0 Å². The minimum absolute atomic E-state index is 0.501. The molecule has 0 radical (unpaired) electrons. The third-order valence-electron chi connectivity index (χ3n) is 2.89. The van der Waals surface area contributed by atoms with Gasteiger partial charge in [-0.15, -0.1) is 0 Å². The molecule has 0 aliphatic heterocycles. The first-order valence-corrected chi connectivity index (χ1v) is 7.11. The van der Waals surface area contributed by atoms with E-state index in [1.54, 1.807) is 6.07 Å². The van der Waals surface area contributed by atoms with Gasteiger partial charge in [-0.3, -0.25) is 0 Å². The van der Waals surface area contributed by atoms with Crippen molar-refractivity contribution in [2.24, 2.45) is 11.8 Å². The van der Waals surface area contributed by atoms with Gasteiger partial charge in [0.1, 0.15) is 11.0 Å². The minimum atomic E-state index is 0.501. The van der Waals surface area contributed by atoms with E-state index in [2.05, 4.69) is 22.2 Å². The second kappa shape index (κ2) is 5.23. The van der Waals surface area contributed by atoms with Gasteiger partial charge in [-0.25, -0.2) is 9.97 Å². The molecule has 0 amide bonds. The minimum Gasteiger partial charge on any atom is -0.370 e. The quantitative estimate of drug-likeness (QED) is 0.499. The van der Waals surface area contributed by atoms with Crippen molar-refractivity contribution in [3.8, 4) is 0 Å². The van der Waals surface area contributed by atoms with Crippen LogP contribution in [-0.2, 0) is 0 Å². The summed E-state index contributed by atoms with van der Waals surface area (Å²) in [6, 6.07) is 1.78. The average Bonchev–Trinajstić information content (AvgIpc) is 3.08. The zero-order chi connectivity index (χ0) is 11.5. The van der Waals surface area contributed by atoms with Gasteiger partial charge >= 0.3 is 0 Å². The Balaban J connectivity index is 1.94. The summed E-state index contributed by atoms with van der Waals surface area (Å²) in [7, 11) is 0. The predicted octanol–water partition coefficient (Wildman–Crippen LogP) is 3.31. The van der Waals surface area contributed by atoms with Gasteiger partial charge in [0.2, 0.25) is 0 Å². The second-order valence-corrected chi connectivity index (χ2v) is 5.42. The topological polar surface area (TPSA) is 37.8 Å². The Hall–Kier alpha value is -0.480. The molecule has 1 unspecified atom stereocenters. The molecular weight excluding hydrogens is 242 g/mol. The number of hydrogen-bond acceptors (Lipinski definition) is 4. The Bertz CT molecular complexity index is 368. The summed E-state index contributed by atoms with van der Waals surface area (Å²) in [5.74, 6) is 2.45. The summed E-state index contributed by atoms with van der Waals surface area (Å²) in [5, 5.41) is 4.55. The Labute approximate surface area is 105 Å². The molecule has 16 heavy (non-hydrogen) atoms. The molecule has 1 fully saturated rings. The summed E-state index contributed by atoms with van der Waals surface area (Å²) >= 11 is 7.42. The lowest BCUT2D eigenvalue weighted by Gasteiger charge is -2.12. The van der Waals surface area contributed by atoms with E-state index in [4.69, 9.17) is 11.6 Å². The molecule has 5 heteroatoms. The zero-order valence-corrected chi connectivity index (χ0v) is 11.1. The van der Waals surface area contributed by atoms with Crippen molar-refractivity contribution >= 4 is 29.2 Å². The number of hydrogen-bond donors (Lipinski definition) is 1. The lowest BCUT2D eigenvalue weighted by molar-refractivity contribution is 0.535. The van der Waals surface area contributed by atoms with Crippen molar-refractivity contribution < 1.29 is 0 Å². The first kappa shape index (κ1) is 12.0. The average molecular weight is 258 g/mol. The summed E-state index contributed by atoms with van der Waals surface area (Å²) in [5.41, 5.74) is 0. The van der Waals surface area contributed by atoms with Crippen LogP contribution in [0.25, 0.3) is 0 Å². The SMILES string of the molecule is CSc1nc(Cl)cc(NCC(C)C2CC2)n1. The maximum Gasteiger partial charge on any atom is 0.190 e. The maximum atomic E-state index is 5.91. The number of aromatic nitrogens is 2. The van der Waals surface area contributed by atoms with Gasteiger partial charge in [0.15, 0.2) is 5.16 Å². The van der Waals surface area contributed by atoms with Gasteiger partial charge in [0.05, 0.1) is 0 Å². The molecule has 3 nitrogen and oxygen atoms in total. The van der Waals surface area contributed by atoms with Gasteiger partial charge in [-0.05, 0) is 30.9 Å². The summed E-state index contributed by atoms with van der Waals surface area (Å²) < 4.78 is 0. The van der Waals surface area contributed by atoms with Crippen LogP contribution in [0.2, 0.25) is 5.15 Å². The molecular formula is C11H16ClN3S. The predicted molar refractivity (Wildman–Crippen MR) is 69.2 cm³/mol. The van der Waals surface area contributed by atoms with E-state index in [0.717, 1.165) is 18.3 Å². The zero-order valence-electron chi connectivity index (χ0n) is 9.53. The molecule has 1 aliphatic rings. The van der Waals surface area contributed by atoms with E-state index in [0.29, 0.717) is 16.2 Å². The fraction of sp³-hybridized carbons (Fsp3) is 0.636. The van der Waals surface area contributed by atoms with Crippen LogP contribution < -0.4 is 5.32 Å². The van der Waals surface area contributed by atoms with Gasteiger partial charge in [-0.1, -0.05) is 30.3 Å². The van der Waals surface area contributed by atoms with Gasteiger partial charge in [0.25, 0.3) is 0 Å². The van der Waals surface area contributed by atoms with Gasteiger partial charge in [0, 0.05) is 12.6 Å². The van der Waals surface area contributed by atoms with Crippen LogP contribution in [0.5, 0.6) is 0 Å². The molecule has 1 N–H and O–H groups in total. The molecule has 1 aromatic rings. The van der Waals surface area contributed by atoms with Gasteiger partial charge in [-0.2, -0.15) is 0 Å². The van der Waals surface area contributed by atoms with Crippen molar-refractivity contribution in [3.63, 3.8) is 0 Å². The summed E-state index contributed by atoms with van der Waals surface area (Å²) in [6.45, 7) is 3.24. The van der Waals surface area contributed by atoms with Crippen molar-refractivity contribution in [3.05, 3.63) is 11.2 Å². The maximum absolute atomic E-state index is 5.91. The molecule has 88 valence electrons. The molecule has 2 rings (SSSR count). The molecule has 1 saturated carbocycles. The molecule has 0 spiro atoms. The normalized spacial score (nSPS) is 17.2. The van der Waals surface area contributed by atoms with E-state index in [1.165, 1.54) is 24.6 Å². The highest BCUT2D eigenvalue weighted by atomic mass is 35.5. The fourth-order valence-electron chi connectivity index (χ4n) is 1.68. The van der Waals surface area contributed by atoms with Crippen molar-refractivity contribution in [2.45, 2.75) is 24.9 Å². The molecule has 1 heterocycles. The number of rotatable bonds is 5. The first-order chi connectivity index (χ1) is 7.69. The monoisotopic (exact) mass is 257 g/mol. The molecule has 0 aromatic carbocycles. The second-order valence-electron chi connectivity index (χ2n) is 4.26. The third kappa shape index (κ3) is 3.25. The third-order valence-corrected chi connectivity index (χ3v) is 3.63. The highest BCUT2D eigenvalue weighted by molar-refractivity contribution is 7.98. The summed E-state index contributed by atoms with van der Waals surface area (Å²) in [4.78, 5) is 8.46. The first-order valence-electron chi connectivity index (χ1n) is 5.51. The molecule has 1 aliphatic carbocycles. The van der Waals surface area contributed by atoms with Crippen LogP contribution >= 0.6 is 23.4 Å². The number of nitrogens with zero attached hydrogens (tertiary/aromatic N) is 2. The van der Waals surface area contributed by atoms with Crippen LogP contribution in [0.3, 0.4) is 0 Å². The van der Waals surface area contributed by atoms with E-state index >= 15 is 0 Å². The number of nitrogens with one attached hydrogen (secondary N) is 1. The standard InChI is InChI=1S/C11H16ClN3S/c1-7(8-3-4-8)6-13-10-5-9(12)14-11(15-10)16-2/h5,7-8H,3-4,6H2,1-2H3,(H,13,14,15). The Morgan fingerprint density at radius 1 is 1.56 bits per heavy atom. The van der Waals surface area contributed by atoms with Crippen LogP contribution in [-0.4, -0.2) is 22.8 Å². The number of halogens is 1. The van der Waals surface area contributed by atoms with E-state index in [-0.39, 0.29) is 0 Å². The smallest absolute Gasteiger partial charge is 0.190 e. The van der Waals surface area contributed by atoms with E-state index in [1.807, 2.05) is 6.26 Å². The Morgan fingerprint density at radius 2 is 2.31 bits per heavy atom. The van der Waals surface area contributed by atoms with Crippen LogP contribution in [0.15, 0.2) is 11.2 Å². The van der Waals surface area contributed by atoms with Crippen molar-refractivity contribution in [2.75, 3.05) is 18.1 Å². The van der Waals surface area contributed by atoms with Crippen molar-refractivity contribution in [1.82, 2.24) is 9.97 Å². The Kier molecular flexibility index (Phi) is 3.92. The van der Waals surface area contributed by atoms with Crippen LogP contribution in [0.1, 0.15) is 19.8 Å². The largest absolute Gasteiger partial charge is 0.370 e. The van der Waals surface area contributed by atoms with Gasteiger partial charge < -0.3 is 5.32 Å². The van der Waals surface area contributed by atoms with E-state index in [9.17, 15) is 0 Å². The number of anilines is 1. The fourth-order valence-corrected chi connectivity index (χ4v) is 2.29. The van der Waals surface area contributed by atoms with Crippen LogP contribution in [0, 0.1) is 11.8 Å². The molecule has 0 bridgehead atoms. The molecule has 1 aromatic heterocycles. The summed E-state index contributed by atoms with van der Waals surface area (Å²) in [6.07, 6.45) is 4.70.